The molecule has 4 heteroatoms. The van der Waals surface area contributed by atoms with Gasteiger partial charge in [-0.25, -0.2) is 4.79 Å². The monoisotopic (exact) mass is 207 g/mol. The molecule has 0 aliphatic heterocycles. The molecule has 2 N–H and O–H groups in total. The van der Waals surface area contributed by atoms with Crippen molar-refractivity contribution in [1.29, 1.82) is 0 Å². The van der Waals surface area contributed by atoms with E-state index in [1.54, 1.807) is 0 Å². The summed E-state index contributed by atoms with van der Waals surface area (Å²) in [4.78, 5) is 11.9. The molecule has 0 saturated carbocycles. The number of hydrogen-bond acceptors (Lipinski definition) is 4. The van der Waals surface area contributed by atoms with Crippen molar-refractivity contribution in [2.45, 2.75) is 0 Å². The number of ether oxygens (including phenoxy) is 1. The van der Waals surface area contributed by atoms with Crippen molar-refractivity contribution >= 4 is 33.1 Å². The second-order valence-electron chi connectivity index (χ2n) is 2.83. The maximum atomic E-state index is 11.4. The van der Waals surface area contributed by atoms with Crippen LogP contribution in [0.3, 0.4) is 0 Å². The van der Waals surface area contributed by atoms with E-state index in [4.69, 9.17) is 5.73 Å². The summed E-state index contributed by atoms with van der Waals surface area (Å²) < 4.78 is 4.67. The molecular weight excluding hydrogens is 198 g/mol. The lowest BCUT2D eigenvalue weighted by Gasteiger charge is -1.94. The fourth-order valence-corrected chi connectivity index (χ4v) is 2.32. The Morgan fingerprint density at radius 2 is 2.00 bits per heavy atom. The van der Waals surface area contributed by atoms with Gasteiger partial charge in [-0.2, -0.15) is 0 Å². The third-order valence-corrected chi connectivity index (χ3v) is 3.05. The maximum Gasteiger partial charge on any atom is 0.348 e. The lowest BCUT2D eigenvalue weighted by molar-refractivity contribution is 0.0608. The highest BCUT2D eigenvalue weighted by Crippen LogP contribution is 2.33. The number of hydrogen-bond donors (Lipinski definition) is 1. The number of anilines is 1. The molecule has 72 valence electrons. The Bertz CT molecular complexity index is 490. The smallest absolute Gasteiger partial charge is 0.348 e. The Kier molecular flexibility index (Phi) is 2.13. The number of benzene rings is 1. The van der Waals surface area contributed by atoms with Gasteiger partial charge in [0, 0.05) is 10.8 Å². The Morgan fingerprint density at radius 3 is 2.64 bits per heavy atom. The predicted molar refractivity (Wildman–Crippen MR) is 57.6 cm³/mol. The van der Waals surface area contributed by atoms with E-state index in [-0.39, 0.29) is 5.97 Å². The van der Waals surface area contributed by atoms with E-state index in [2.05, 4.69) is 4.74 Å². The number of carbonyl (C=O) groups excluding carboxylic acids is 1. The van der Waals surface area contributed by atoms with E-state index in [0.29, 0.717) is 9.88 Å². The van der Waals surface area contributed by atoms with Crippen LogP contribution in [0.2, 0.25) is 0 Å². The summed E-state index contributed by atoms with van der Waals surface area (Å²) in [6.07, 6.45) is 0. The quantitative estimate of drug-likeness (QED) is 0.730. The SMILES string of the molecule is COC(=O)c1sc(N)c2ccccc12. The number of esters is 1. The van der Waals surface area contributed by atoms with Gasteiger partial charge in [0.1, 0.15) is 4.88 Å². The van der Waals surface area contributed by atoms with Crippen molar-refractivity contribution in [1.82, 2.24) is 0 Å². The van der Waals surface area contributed by atoms with Crippen molar-refractivity contribution < 1.29 is 9.53 Å². The number of methoxy groups -OCH3 is 1. The van der Waals surface area contributed by atoms with Gasteiger partial charge in [0.15, 0.2) is 0 Å². The molecule has 2 rings (SSSR count). The van der Waals surface area contributed by atoms with Crippen LogP contribution in [0.4, 0.5) is 5.00 Å². The van der Waals surface area contributed by atoms with Crippen molar-refractivity contribution in [2.75, 3.05) is 12.8 Å². The van der Waals surface area contributed by atoms with Gasteiger partial charge in [0.2, 0.25) is 0 Å². The largest absolute Gasteiger partial charge is 0.465 e. The molecule has 0 fully saturated rings. The summed E-state index contributed by atoms with van der Waals surface area (Å²) in [6, 6.07) is 7.54. The molecule has 0 bridgehead atoms. The van der Waals surface area contributed by atoms with Crippen molar-refractivity contribution in [3.8, 4) is 0 Å². The molecule has 0 atom stereocenters. The number of rotatable bonds is 1. The van der Waals surface area contributed by atoms with E-state index >= 15 is 0 Å². The van der Waals surface area contributed by atoms with Crippen LogP contribution in [-0.4, -0.2) is 13.1 Å². The zero-order valence-corrected chi connectivity index (χ0v) is 8.43. The first kappa shape index (κ1) is 9.02. The minimum absolute atomic E-state index is 0.331. The molecule has 0 spiro atoms. The number of fused-ring (bicyclic) bond motifs is 1. The van der Waals surface area contributed by atoms with Crippen LogP contribution in [-0.2, 0) is 4.74 Å². The van der Waals surface area contributed by atoms with Gasteiger partial charge in [0.05, 0.1) is 12.1 Å². The Balaban J connectivity index is 2.72. The topological polar surface area (TPSA) is 52.3 Å². The lowest BCUT2D eigenvalue weighted by Crippen LogP contribution is -1.97. The summed E-state index contributed by atoms with van der Waals surface area (Å²) in [5, 5.41) is 2.43. The fraction of sp³-hybridized carbons (Fsp3) is 0.100. The minimum Gasteiger partial charge on any atom is -0.465 e. The van der Waals surface area contributed by atoms with Crippen molar-refractivity contribution in [2.24, 2.45) is 0 Å². The molecule has 0 aliphatic carbocycles. The first-order valence-corrected chi connectivity index (χ1v) is 4.91. The molecule has 0 aliphatic rings. The maximum absolute atomic E-state index is 11.4. The van der Waals surface area contributed by atoms with Crippen molar-refractivity contribution in [3.05, 3.63) is 29.1 Å². The van der Waals surface area contributed by atoms with E-state index < -0.39 is 0 Å². The van der Waals surface area contributed by atoms with Crippen LogP contribution in [0.25, 0.3) is 10.8 Å². The fourth-order valence-electron chi connectivity index (χ4n) is 1.36. The van der Waals surface area contributed by atoms with E-state index in [1.165, 1.54) is 18.4 Å². The van der Waals surface area contributed by atoms with Crippen LogP contribution < -0.4 is 5.73 Å². The molecule has 3 nitrogen and oxygen atoms in total. The predicted octanol–water partition coefficient (Wildman–Crippen LogP) is 2.27. The molecule has 14 heavy (non-hydrogen) atoms. The molecule has 1 aromatic heterocycles. The van der Waals surface area contributed by atoms with Gasteiger partial charge in [-0.05, 0) is 0 Å². The zero-order chi connectivity index (χ0) is 10.1. The van der Waals surface area contributed by atoms with E-state index in [0.717, 1.165) is 10.8 Å². The normalized spacial score (nSPS) is 10.4. The molecule has 0 unspecified atom stereocenters. The van der Waals surface area contributed by atoms with Crippen LogP contribution in [0.5, 0.6) is 0 Å². The second kappa shape index (κ2) is 3.31. The first-order valence-electron chi connectivity index (χ1n) is 4.09. The average molecular weight is 207 g/mol. The molecule has 1 aromatic carbocycles. The highest BCUT2D eigenvalue weighted by molar-refractivity contribution is 7.19. The zero-order valence-electron chi connectivity index (χ0n) is 7.61. The molecule has 0 amide bonds. The molecule has 0 saturated heterocycles. The minimum atomic E-state index is -0.331. The Morgan fingerprint density at radius 1 is 1.36 bits per heavy atom. The number of nitrogen functional groups attached to an aromatic ring is 1. The number of carbonyl (C=O) groups is 1. The van der Waals surface area contributed by atoms with Gasteiger partial charge in [-0.15, -0.1) is 11.3 Å². The standard InChI is InChI=1S/C10H9NO2S/c1-13-10(12)8-6-4-2-3-5-7(6)9(11)14-8/h2-5H,11H2,1H3. The molecule has 2 aromatic rings. The number of nitrogens with two attached hydrogens (primary N) is 1. The molecule has 1 heterocycles. The third kappa shape index (κ3) is 1.24. The van der Waals surface area contributed by atoms with Gasteiger partial charge >= 0.3 is 5.97 Å². The summed E-state index contributed by atoms with van der Waals surface area (Å²) in [7, 11) is 1.37. The average Bonchev–Trinajstić information content (AvgIpc) is 2.56. The highest BCUT2D eigenvalue weighted by Gasteiger charge is 2.15. The van der Waals surface area contributed by atoms with Gasteiger partial charge in [-0.3, -0.25) is 0 Å². The Hall–Kier alpha value is -1.55. The molecule has 0 radical (unpaired) electrons. The number of thiophene rings is 1. The summed E-state index contributed by atoms with van der Waals surface area (Å²) >= 11 is 1.26. The van der Waals surface area contributed by atoms with E-state index in [9.17, 15) is 4.79 Å². The van der Waals surface area contributed by atoms with Crippen LogP contribution in [0.1, 0.15) is 9.67 Å². The van der Waals surface area contributed by atoms with Crippen LogP contribution in [0, 0.1) is 0 Å². The van der Waals surface area contributed by atoms with Crippen LogP contribution >= 0.6 is 11.3 Å². The lowest BCUT2D eigenvalue weighted by atomic mass is 10.2. The Labute approximate surface area is 85.1 Å². The summed E-state index contributed by atoms with van der Waals surface area (Å²) in [6.45, 7) is 0. The van der Waals surface area contributed by atoms with Gasteiger partial charge < -0.3 is 10.5 Å². The summed E-state index contributed by atoms with van der Waals surface area (Å²) in [5.41, 5.74) is 5.78. The molecular formula is C10H9NO2S. The van der Waals surface area contributed by atoms with E-state index in [1.807, 2.05) is 24.3 Å². The second-order valence-corrected chi connectivity index (χ2v) is 3.88. The first-order chi connectivity index (χ1) is 6.74. The third-order valence-electron chi connectivity index (χ3n) is 2.02. The van der Waals surface area contributed by atoms with Gasteiger partial charge in [-0.1, -0.05) is 24.3 Å². The highest BCUT2D eigenvalue weighted by atomic mass is 32.1. The summed E-state index contributed by atoms with van der Waals surface area (Å²) in [5.74, 6) is -0.331. The van der Waals surface area contributed by atoms with Crippen molar-refractivity contribution in [3.63, 3.8) is 0 Å². The van der Waals surface area contributed by atoms with Gasteiger partial charge in [0.25, 0.3) is 0 Å². The van der Waals surface area contributed by atoms with Crippen LogP contribution in [0.15, 0.2) is 24.3 Å².